The molecule has 0 aromatic rings. The highest BCUT2D eigenvalue weighted by Gasteiger charge is 2.27. The predicted molar refractivity (Wildman–Crippen MR) is 395 cm³/mol. The second-order valence-electron chi connectivity index (χ2n) is 27.7. The molecule has 0 fully saturated rings. The molecule has 532 valence electrons. The van der Waals surface area contributed by atoms with Crippen molar-refractivity contribution in [2.75, 3.05) is 47.5 Å². The van der Waals surface area contributed by atoms with Crippen molar-refractivity contribution >= 4 is 19.8 Å². The molecule has 0 amide bonds. The zero-order valence-electron chi connectivity index (χ0n) is 60.8. The van der Waals surface area contributed by atoms with Gasteiger partial charge in [0, 0.05) is 12.8 Å². The van der Waals surface area contributed by atoms with Gasteiger partial charge in [0.25, 0.3) is 0 Å². The lowest BCUT2D eigenvalue weighted by Crippen LogP contribution is -2.37. The number of hydrogen-bond donors (Lipinski definition) is 1. The van der Waals surface area contributed by atoms with Gasteiger partial charge in [0.2, 0.25) is 0 Å². The number of quaternary nitrogens is 1. The first-order chi connectivity index (χ1) is 44.5. The Bertz CT molecular complexity index is 1770. The summed E-state index contributed by atoms with van der Waals surface area (Å²) in [4.78, 5) is 36.0. The van der Waals surface area contributed by atoms with Gasteiger partial charge in [-0.1, -0.05) is 376 Å². The Kier molecular flexibility index (Phi) is 69.7. The van der Waals surface area contributed by atoms with Crippen molar-refractivity contribution in [2.24, 2.45) is 0 Å². The third-order valence-corrected chi connectivity index (χ3v) is 18.5. The van der Waals surface area contributed by atoms with E-state index in [4.69, 9.17) is 18.5 Å². The van der Waals surface area contributed by atoms with Gasteiger partial charge in [-0.2, -0.15) is 0 Å². The van der Waals surface area contributed by atoms with E-state index >= 15 is 0 Å². The first-order valence-electron chi connectivity index (χ1n) is 39.2. The van der Waals surface area contributed by atoms with Crippen molar-refractivity contribution in [1.82, 2.24) is 0 Å². The minimum Gasteiger partial charge on any atom is -0.462 e. The van der Waals surface area contributed by atoms with Gasteiger partial charge in [-0.3, -0.25) is 18.6 Å². The molecule has 0 rings (SSSR count). The van der Waals surface area contributed by atoms with Crippen molar-refractivity contribution in [2.45, 2.75) is 386 Å². The number of unbranched alkanes of at least 4 members (excludes halogenated alkanes) is 47. The maximum Gasteiger partial charge on any atom is 0.472 e. The van der Waals surface area contributed by atoms with Gasteiger partial charge < -0.3 is 18.9 Å². The van der Waals surface area contributed by atoms with Crippen LogP contribution < -0.4 is 0 Å². The van der Waals surface area contributed by atoms with Gasteiger partial charge in [-0.05, 0) is 64.2 Å². The van der Waals surface area contributed by atoms with Crippen LogP contribution >= 0.6 is 7.82 Å². The zero-order chi connectivity index (χ0) is 66.2. The molecule has 10 heteroatoms. The molecule has 0 spiro atoms. The summed E-state index contributed by atoms with van der Waals surface area (Å²) in [5.41, 5.74) is 0. The van der Waals surface area contributed by atoms with E-state index in [1.807, 2.05) is 21.1 Å². The van der Waals surface area contributed by atoms with Gasteiger partial charge >= 0.3 is 19.8 Å². The zero-order valence-corrected chi connectivity index (χ0v) is 61.7. The van der Waals surface area contributed by atoms with Crippen molar-refractivity contribution in [3.05, 3.63) is 72.9 Å². The lowest BCUT2D eigenvalue weighted by Gasteiger charge is -2.24. The van der Waals surface area contributed by atoms with Crippen LogP contribution in [0.15, 0.2) is 72.9 Å². The number of likely N-dealkylation sites (N-methyl/N-ethyl adjacent to an activating group) is 1. The first-order valence-corrected chi connectivity index (χ1v) is 40.7. The fraction of sp³-hybridized carbons (Fsp3) is 0.827. The SMILES string of the molecule is CC/C=C\C/C=C\C/C=C\C/C=C\C/C=C\C/C=C\CCCCCCCCCCCCCCCCCCC(=O)OC(COC(=O)CCCCCCCCCCCCCCCCCCCCCCCCCCCCCCCCCC)COP(=O)(O)OCC[N+](C)(C)C. The number of allylic oxidation sites excluding steroid dienone is 12. The Morgan fingerprint density at radius 2 is 0.626 bits per heavy atom. The molecule has 0 radical (unpaired) electrons. The highest BCUT2D eigenvalue weighted by atomic mass is 31.2. The summed E-state index contributed by atoms with van der Waals surface area (Å²) in [6.07, 6.45) is 97.6. The van der Waals surface area contributed by atoms with Crippen LogP contribution in [0.1, 0.15) is 380 Å². The normalized spacial score (nSPS) is 13.4. The van der Waals surface area contributed by atoms with Crippen LogP contribution in [0.4, 0.5) is 0 Å². The van der Waals surface area contributed by atoms with Gasteiger partial charge in [0.1, 0.15) is 19.8 Å². The van der Waals surface area contributed by atoms with Gasteiger partial charge in [0.05, 0.1) is 27.7 Å². The summed E-state index contributed by atoms with van der Waals surface area (Å²) in [5, 5.41) is 0. The highest BCUT2D eigenvalue weighted by Crippen LogP contribution is 2.43. The number of rotatable bonds is 73. The largest absolute Gasteiger partial charge is 0.472 e. The first kappa shape index (κ1) is 88.5. The van der Waals surface area contributed by atoms with E-state index < -0.39 is 26.5 Å². The van der Waals surface area contributed by atoms with Crippen molar-refractivity contribution in [3.63, 3.8) is 0 Å². The maximum atomic E-state index is 12.9. The van der Waals surface area contributed by atoms with Crippen LogP contribution in [0.3, 0.4) is 0 Å². The number of phosphoric acid groups is 1. The summed E-state index contributed by atoms with van der Waals surface area (Å²) in [7, 11) is 1.49. The Labute approximate surface area is 565 Å². The van der Waals surface area contributed by atoms with Crippen molar-refractivity contribution in [1.29, 1.82) is 0 Å². The number of carbonyl (C=O) groups excluding carboxylic acids is 2. The van der Waals surface area contributed by atoms with E-state index in [2.05, 4.69) is 86.8 Å². The lowest BCUT2D eigenvalue weighted by molar-refractivity contribution is -0.870. The Morgan fingerprint density at radius 3 is 0.934 bits per heavy atom. The molecule has 2 unspecified atom stereocenters. The fourth-order valence-corrected chi connectivity index (χ4v) is 12.3. The summed E-state index contributed by atoms with van der Waals surface area (Å²) < 4.78 is 34.8. The molecule has 0 aliphatic rings. The molecule has 0 aromatic heterocycles. The Morgan fingerprint density at radius 1 is 0.352 bits per heavy atom. The monoisotopic (exact) mass is 1300 g/mol. The maximum absolute atomic E-state index is 12.9. The molecule has 91 heavy (non-hydrogen) atoms. The van der Waals surface area contributed by atoms with Crippen molar-refractivity contribution < 1.29 is 42.1 Å². The molecule has 1 N–H and O–H groups in total. The van der Waals surface area contributed by atoms with Gasteiger partial charge in [-0.15, -0.1) is 0 Å². The molecule has 0 heterocycles. The minimum absolute atomic E-state index is 0.0327. The van der Waals surface area contributed by atoms with E-state index in [-0.39, 0.29) is 25.6 Å². The average Bonchev–Trinajstić information content (AvgIpc) is 3.73. The molecule has 0 aromatic carbocycles. The quantitative estimate of drug-likeness (QED) is 0.0211. The molecule has 9 nitrogen and oxygen atoms in total. The number of esters is 2. The molecule has 0 aliphatic heterocycles. The molecule has 2 atom stereocenters. The summed E-state index contributed by atoms with van der Waals surface area (Å²) in [5.74, 6) is -0.778. The standard InChI is InChI=1S/C81H150NO8P/c1-6-8-10-12-14-16-18-20-22-24-26-28-30-32-34-36-38-40-41-42-44-46-48-50-52-54-56-58-60-62-64-66-68-70-72-74-81(84)90-79(78-89-91(85,86)88-76-75-82(3,4)5)77-87-80(83)73-71-69-67-65-63-61-59-57-55-53-51-49-47-45-43-39-37-35-33-31-29-27-25-23-21-19-17-15-13-11-9-7-2/h8,10,14,16,20,22,26,28,32,34,38,40,79H,6-7,9,11-13,15,17-19,21,23-25,27,29-31,33,35-37,39,41-78H2,1-5H3/p+1/b10-8-,16-14-,22-20-,28-26-,34-32-,40-38-. The van der Waals surface area contributed by atoms with Crippen molar-refractivity contribution in [3.8, 4) is 0 Å². The molecule has 0 bridgehead atoms. The van der Waals surface area contributed by atoms with Crippen LogP contribution in [0, 0.1) is 0 Å². The summed E-state index contributed by atoms with van der Waals surface area (Å²) >= 11 is 0. The van der Waals surface area contributed by atoms with Crippen LogP contribution in [0.5, 0.6) is 0 Å². The predicted octanol–water partition coefficient (Wildman–Crippen LogP) is 25.9. The van der Waals surface area contributed by atoms with E-state index in [1.165, 1.54) is 276 Å². The van der Waals surface area contributed by atoms with Crippen LogP contribution in [0.2, 0.25) is 0 Å². The highest BCUT2D eigenvalue weighted by molar-refractivity contribution is 7.47. The average molecular weight is 1300 g/mol. The van der Waals surface area contributed by atoms with Gasteiger partial charge in [-0.25, -0.2) is 4.57 Å². The van der Waals surface area contributed by atoms with Gasteiger partial charge in [0.15, 0.2) is 6.10 Å². The molecule has 0 aliphatic carbocycles. The van der Waals surface area contributed by atoms with Crippen LogP contribution in [0.25, 0.3) is 0 Å². The molecule has 0 saturated carbocycles. The summed E-state index contributed by atoms with van der Waals surface area (Å²) in [6, 6.07) is 0. The summed E-state index contributed by atoms with van der Waals surface area (Å²) in [6.45, 7) is 4.39. The molecular weight excluding hydrogens is 1150 g/mol. The molecule has 0 saturated heterocycles. The second kappa shape index (κ2) is 71.7. The number of phosphoric ester groups is 1. The topological polar surface area (TPSA) is 108 Å². The fourth-order valence-electron chi connectivity index (χ4n) is 11.6. The number of ether oxygens (including phenoxy) is 2. The third kappa shape index (κ3) is 76.4. The number of carbonyl (C=O) groups is 2. The molecular formula is C81H151NO8P+. The minimum atomic E-state index is -4.39. The smallest absolute Gasteiger partial charge is 0.462 e. The van der Waals surface area contributed by atoms with E-state index in [9.17, 15) is 19.0 Å². The number of hydrogen-bond acceptors (Lipinski definition) is 7. The Balaban J connectivity index is 3.95. The third-order valence-electron chi connectivity index (χ3n) is 17.5. The van der Waals surface area contributed by atoms with Crippen LogP contribution in [-0.4, -0.2) is 74.9 Å². The number of nitrogens with zero attached hydrogens (tertiary/aromatic N) is 1. The van der Waals surface area contributed by atoms with E-state index in [0.29, 0.717) is 23.9 Å². The Hall–Kier alpha value is -2.55. The van der Waals surface area contributed by atoms with E-state index in [0.717, 1.165) is 70.6 Å². The van der Waals surface area contributed by atoms with Crippen LogP contribution in [-0.2, 0) is 32.7 Å². The van der Waals surface area contributed by atoms with E-state index in [1.54, 1.807) is 0 Å². The lowest BCUT2D eigenvalue weighted by atomic mass is 10.0. The second-order valence-corrected chi connectivity index (χ2v) is 29.2.